The summed E-state index contributed by atoms with van der Waals surface area (Å²) in [4.78, 5) is 12.8. The molecule has 148 valence electrons. The Bertz CT molecular complexity index is 1010. The number of benzene rings is 1. The van der Waals surface area contributed by atoms with Gasteiger partial charge in [0.2, 0.25) is 0 Å². The summed E-state index contributed by atoms with van der Waals surface area (Å²) >= 11 is 0. The number of hydrogen-bond acceptors (Lipinski definition) is 5. The van der Waals surface area contributed by atoms with Gasteiger partial charge in [-0.25, -0.2) is 4.39 Å². The largest absolute Gasteiger partial charge is 0.494 e. The minimum atomic E-state index is -0.483. The number of amides is 1. The molecule has 2 heterocycles. The molecule has 1 aromatic carbocycles. The van der Waals surface area contributed by atoms with Crippen LogP contribution in [0.5, 0.6) is 5.75 Å². The third-order valence-electron chi connectivity index (χ3n) is 4.63. The molecule has 0 saturated carbocycles. The first-order chi connectivity index (χ1) is 13.3. The predicted octanol–water partition coefficient (Wildman–Crippen LogP) is 3.48. The van der Waals surface area contributed by atoms with E-state index < -0.39 is 17.8 Å². The van der Waals surface area contributed by atoms with E-state index in [0.717, 1.165) is 11.4 Å². The molecule has 0 aliphatic heterocycles. The van der Waals surface area contributed by atoms with Crippen LogP contribution < -0.4 is 10.1 Å². The molecule has 8 heteroatoms. The van der Waals surface area contributed by atoms with Crippen molar-refractivity contribution in [3.05, 3.63) is 64.1 Å². The maximum Gasteiger partial charge on any atom is 0.274 e. The van der Waals surface area contributed by atoms with Gasteiger partial charge >= 0.3 is 0 Å². The van der Waals surface area contributed by atoms with E-state index in [2.05, 4.69) is 15.6 Å². The average Bonchev–Trinajstić information content (AvgIpc) is 3.17. The standard InChI is InChI=1S/C20H23FN4O3/c1-11-8-12(2)25(23-11)10-16-14(4)28-24-19(16)20(26)22-13(3)15-6-7-18(27-5)17(21)9-15/h6-9,13H,10H2,1-5H3,(H,22,26)/t13-/m0/s1. The number of nitrogens with one attached hydrogen (secondary N) is 1. The van der Waals surface area contributed by atoms with Crippen molar-refractivity contribution in [3.63, 3.8) is 0 Å². The van der Waals surface area contributed by atoms with E-state index in [-0.39, 0.29) is 11.4 Å². The number of rotatable bonds is 6. The molecule has 1 atom stereocenters. The zero-order chi connectivity index (χ0) is 20.4. The molecule has 0 aliphatic carbocycles. The van der Waals surface area contributed by atoms with Gasteiger partial charge in [-0.1, -0.05) is 11.2 Å². The lowest BCUT2D eigenvalue weighted by Crippen LogP contribution is -2.28. The molecule has 2 aromatic heterocycles. The smallest absolute Gasteiger partial charge is 0.274 e. The van der Waals surface area contributed by atoms with Gasteiger partial charge in [0.25, 0.3) is 5.91 Å². The molecule has 3 rings (SSSR count). The maximum atomic E-state index is 13.9. The summed E-state index contributed by atoms with van der Waals surface area (Å²) in [6.07, 6.45) is 0. The summed E-state index contributed by atoms with van der Waals surface area (Å²) in [6.45, 7) is 7.76. The van der Waals surface area contributed by atoms with E-state index in [9.17, 15) is 9.18 Å². The summed E-state index contributed by atoms with van der Waals surface area (Å²) < 4.78 is 25.9. The van der Waals surface area contributed by atoms with Crippen molar-refractivity contribution in [3.8, 4) is 5.75 Å². The van der Waals surface area contributed by atoms with Gasteiger partial charge in [-0.15, -0.1) is 0 Å². The van der Waals surface area contributed by atoms with Crippen LogP contribution in [0.1, 0.15) is 51.7 Å². The van der Waals surface area contributed by atoms with E-state index in [1.54, 1.807) is 24.6 Å². The van der Waals surface area contributed by atoms with Gasteiger partial charge in [0.1, 0.15) is 5.76 Å². The molecular weight excluding hydrogens is 363 g/mol. The zero-order valence-electron chi connectivity index (χ0n) is 16.5. The Labute approximate surface area is 162 Å². The second-order valence-corrected chi connectivity index (χ2v) is 6.74. The highest BCUT2D eigenvalue weighted by Gasteiger charge is 2.23. The van der Waals surface area contributed by atoms with Crippen molar-refractivity contribution in [1.82, 2.24) is 20.3 Å². The van der Waals surface area contributed by atoms with Crippen LogP contribution in [-0.4, -0.2) is 28.0 Å². The first kappa shape index (κ1) is 19.6. The molecule has 3 aromatic rings. The molecule has 0 aliphatic rings. The summed E-state index contributed by atoms with van der Waals surface area (Å²) in [6, 6.07) is 6.11. The highest BCUT2D eigenvalue weighted by molar-refractivity contribution is 5.94. The molecule has 1 N–H and O–H groups in total. The van der Waals surface area contributed by atoms with E-state index in [1.807, 2.05) is 19.9 Å². The molecule has 28 heavy (non-hydrogen) atoms. The second-order valence-electron chi connectivity index (χ2n) is 6.74. The monoisotopic (exact) mass is 386 g/mol. The molecule has 1 amide bonds. The quantitative estimate of drug-likeness (QED) is 0.701. The van der Waals surface area contributed by atoms with Crippen molar-refractivity contribution in [2.75, 3.05) is 7.11 Å². The van der Waals surface area contributed by atoms with Crippen LogP contribution in [0.15, 0.2) is 28.8 Å². The predicted molar refractivity (Wildman–Crippen MR) is 101 cm³/mol. The number of hydrogen-bond donors (Lipinski definition) is 1. The van der Waals surface area contributed by atoms with Crippen molar-refractivity contribution in [1.29, 1.82) is 0 Å². The van der Waals surface area contributed by atoms with Crippen LogP contribution in [-0.2, 0) is 6.54 Å². The third-order valence-corrected chi connectivity index (χ3v) is 4.63. The highest BCUT2D eigenvalue weighted by Crippen LogP contribution is 2.23. The number of aromatic nitrogens is 3. The highest BCUT2D eigenvalue weighted by atomic mass is 19.1. The van der Waals surface area contributed by atoms with Gasteiger partial charge in [0.15, 0.2) is 17.3 Å². The van der Waals surface area contributed by atoms with Crippen LogP contribution in [0.4, 0.5) is 4.39 Å². The molecule has 7 nitrogen and oxygen atoms in total. The lowest BCUT2D eigenvalue weighted by atomic mass is 10.1. The minimum Gasteiger partial charge on any atom is -0.494 e. The number of methoxy groups -OCH3 is 1. The first-order valence-electron chi connectivity index (χ1n) is 8.90. The SMILES string of the molecule is COc1ccc([C@H](C)NC(=O)c2noc(C)c2Cn2nc(C)cc2C)cc1F. The van der Waals surface area contributed by atoms with Gasteiger partial charge in [-0.05, 0) is 51.5 Å². The Balaban J connectivity index is 1.79. The van der Waals surface area contributed by atoms with Gasteiger partial charge in [0, 0.05) is 11.3 Å². The van der Waals surface area contributed by atoms with Gasteiger partial charge in [-0.2, -0.15) is 5.10 Å². The van der Waals surface area contributed by atoms with Crippen LogP contribution in [0.25, 0.3) is 0 Å². The number of nitrogens with zero attached hydrogens (tertiary/aromatic N) is 3. The Hall–Kier alpha value is -3.16. The lowest BCUT2D eigenvalue weighted by Gasteiger charge is -2.15. The fourth-order valence-electron chi connectivity index (χ4n) is 3.04. The van der Waals surface area contributed by atoms with Crippen LogP contribution in [0.2, 0.25) is 0 Å². The lowest BCUT2D eigenvalue weighted by molar-refractivity contribution is 0.0929. The topological polar surface area (TPSA) is 82.2 Å². The van der Waals surface area contributed by atoms with Crippen LogP contribution in [0, 0.1) is 26.6 Å². The average molecular weight is 386 g/mol. The number of ether oxygens (including phenoxy) is 1. The number of carbonyl (C=O) groups excluding carboxylic acids is 1. The summed E-state index contributed by atoms with van der Waals surface area (Å²) in [5.74, 6) is -0.164. The van der Waals surface area contributed by atoms with E-state index in [1.165, 1.54) is 19.2 Å². The summed E-state index contributed by atoms with van der Waals surface area (Å²) in [5, 5.41) is 11.2. The molecule has 0 radical (unpaired) electrons. The number of halogens is 1. The fourth-order valence-corrected chi connectivity index (χ4v) is 3.04. The molecule has 0 saturated heterocycles. The van der Waals surface area contributed by atoms with E-state index in [4.69, 9.17) is 9.26 Å². The molecule has 0 fully saturated rings. The first-order valence-corrected chi connectivity index (χ1v) is 8.90. The summed E-state index contributed by atoms with van der Waals surface area (Å²) in [5.41, 5.74) is 3.36. The third kappa shape index (κ3) is 3.90. The summed E-state index contributed by atoms with van der Waals surface area (Å²) in [7, 11) is 1.40. The zero-order valence-corrected chi connectivity index (χ0v) is 16.5. The van der Waals surface area contributed by atoms with E-state index in [0.29, 0.717) is 23.4 Å². The van der Waals surface area contributed by atoms with Gasteiger partial charge in [-0.3, -0.25) is 9.48 Å². The Morgan fingerprint density at radius 3 is 2.68 bits per heavy atom. The van der Waals surface area contributed by atoms with Crippen molar-refractivity contribution >= 4 is 5.91 Å². The molecule has 0 spiro atoms. The second kappa shape index (κ2) is 7.84. The van der Waals surface area contributed by atoms with Crippen LogP contribution in [0.3, 0.4) is 0 Å². The van der Waals surface area contributed by atoms with E-state index >= 15 is 0 Å². The minimum absolute atomic E-state index is 0.154. The van der Waals surface area contributed by atoms with Crippen molar-refractivity contribution < 1.29 is 18.4 Å². The van der Waals surface area contributed by atoms with Crippen molar-refractivity contribution in [2.24, 2.45) is 0 Å². The number of aryl methyl sites for hydroxylation is 3. The van der Waals surface area contributed by atoms with Gasteiger partial charge in [0.05, 0.1) is 25.4 Å². The van der Waals surface area contributed by atoms with Crippen molar-refractivity contribution in [2.45, 2.75) is 40.3 Å². The van der Waals surface area contributed by atoms with Crippen LogP contribution >= 0.6 is 0 Å². The molecule has 0 bridgehead atoms. The Morgan fingerprint density at radius 1 is 1.32 bits per heavy atom. The Kier molecular flexibility index (Phi) is 5.48. The maximum absolute atomic E-state index is 13.9. The Morgan fingerprint density at radius 2 is 2.07 bits per heavy atom. The normalized spacial score (nSPS) is 12.1. The molecular formula is C20H23FN4O3. The number of carbonyl (C=O) groups is 1. The molecule has 0 unspecified atom stereocenters. The fraction of sp³-hybridized carbons (Fsp3) is 0.350. The van der Waals surface area contributed by atoms with Gasteiger partial charge < -0.3 is 14.6 Å².